The van der Waals surface area contributed by atoms with Gasteiger partial charge in [-0.3, -0.25) is 0 Å². The van der Waals surface area contributed by atoms with Crippen LogP contribution in [0.25, 0.3) is 0 Å². The highest BCUT2D eigenvalue weighted by molar-refractivity contribution is 5.89. The summed E-state index contributed by atoms with van der Waals surface area (Å²) in [5, 5.41) is 6.42. The van der Waals surface area contributed by atoms with E-state index in [9.17, 15) is 0 Å². The molecule has 0 unspecified atom stereocenters. The first-order valence-electron chi connectivity index (χ1n) is 5.24. The van der Waals surface area contributed by atoms with Gasteiger partial charge in [-0.2, -0.15) is 5.10 Å². The van der Waals surface area contributed by atoms with E-state index in [-0.39, 0.29) is 5.41 Å². The third kappa shape index (κ3) is 5.79. The maximum absolute atomic E-state index is 4.54. The van der Waals surface area contributed by atoms with Crippen LogP contribution in [-0.2, 0) is 0 Å². The third-order valence-electron chi connectivity index (χ3n) is 2.01. The summed E-state index contributed by atoms with van der Waals surface area (Å²) in [5.41, 5.74) is 1.44. The van der Waals surface area contributed by atoms with Gasteiger partial charge in [0.1, 0.15) is 0 Å². The molecule has 0 spiro atoms. The summed E-state index contributed by atoms with van der Waals surface area (Å²) < 4.78 is 0. The maximum Gasteiger partial charge on any atom is 0.0434 e. The van der Waals surface area contributed by atoms with Crippen LogP contribution in [0.2, 0.25) is 0 Å². The Morgan fingerprint density at radius 2 is 1.93 bits per heavy atom. The second kappa shape index (κ2) is 5.84. The molecule has 2 heteroatoms. The minimum atomic E-state index is 0.172. The van der Waals surface area contributed by atoms with E-state index in [1.165, 1.54) is 5.71 Å². The molecule has 82 valence electrons. The second-order valence-electron chi connectivity index (χ2n) is 4.82. The molecule has 0 fully saturated rings. The highest BCUT2D eigenvalue weighted by Gasteiger charge is 2.18. The van der Waals surface area contributed by atoms with E-state index < -0.39 is 0 Å². The number of hydrogen-bond acceptors (Lipinski definition) is 2. The van der Waals surface area contributed by atoms with Gasteiger partial charge in [0.2, 0.25) is 0 Å². The topological polar surface area (TPSA) is 15.6 Å². The molecule has 0 radical (unpaired) electrons. The standard InChI is InChI=1S/C12H24N2/c1-7-8-9-10-11(12(2,3)4)13-14(5)6/h7H,1,8-10H2,2-6H3/b13-11+. The van der Waals surface area contributed by atoms with Crippen LogP contribution < -0.4 is 0 Å². The molecule has 0 saturated carbocycles. The molecule has 0 aliphatic heterocycles. The molecule has 0 N–H and O–H groups in total. The largest absolute Gasteiger partial charge is 0.303 e. The van der Waals surface area contributed by atoms with E-state index in [4.69, 9.17) is 0 Å². The number of hydrazone groups is 1. The van der Waals surface area contributed by atoms with Gasteiger partial charge in [-0.15, -0.1) is 6.58 Å². The molecule has 14 heavy (non-hydrogen) atoms. The number of rotatable bonds is 5. The number of hydrogen-bond donors (Lipinski definition) is 0. The molecule has 0 aromatic rings. The lowest BCUT2D eigenvalue weighted by Crippen LogP contribution is -2.23. The van der Waals surface area contributed by atoms with E-state index in [1.807, 2.05) is 25.2 Å². The van der Waals surface area contributed by atoms with Crippen molar-refractivity contribution in [2.75, 3.05) is 14.1 Å². The Kier molecular flexibility index (Phi) is 5.51. The average Bonchev–Trinajstić information content (AvgIpc) is 2.00. The lowest BCUT2D eigenvalue weighted by Gasteiger charge is -2.23. The van der Waals surface area contributed by atoms with Crippen LogP contribution in [0, 0.1) is 5.41 Å². The zero-order valence-electron chi connectivity index (χ0n) is 10.3. The maximum atomic E-state index is 4.54. The van der Waals surface area contributed by atoms with Gasteiger partial charge in [-0.05, 0) is 19.3 Å². The molecule has 2 nitrogen and oxygen atoms in total. The van der Waals surface area contributed by atoms with Gasteiger partial charge in [0.05, 0.1) is 0 Å². The van der Waals surface area contributed by atoms with Gasteiger partial charge in [-0.1, -0.05) is 26.8 Å². The van der Waals surface area contributed by atoms with Crippen molar-refractivity contribution < 1.29 is 0 Å². The Hall–Kier alpha value is -0.790. The number of nitrogens with zero attached hydrogens (tertiary/aromatic N) is 2. The minimum Gasteiger partial charge on any atom is -0.303 e. The Morgan fingerprint density at radius 1 is 1.36 bits per heavy atom. The van der Waals surface area contributed by atoms with Gasteiger partial charge in [0, 0.05) is 25.2 Å². The fourth-order valence-corrected chi connectivity index (χ4v) is 1.23. The van der Waals surface area contributed by atoms with Crippen LogP contribution >= 0.6 is 0 Å². The zero-order valence-corrected chi connectivity index (χ0v) is 10.3. The monoisotopic (exact) mass is 196 g/mol. The summed E-state index contributed by atoms with van der Waals surface area (Å²) in [6, 6.07) is 0. The molecule has 0 aromatic heterocycles. The van der Waals surface area contributed by atoms with Crippen LogP contribution in [0.1, 0.15) is 40.0 Å². The molecule has 0 bridgehead atoms. The minimum absolute atomic E-state index is 0.172. The Balaban J connectivity index is 4.34. The molecule has 0 aliphatic rings. The van der Waals surface area contributed by atoms with E-state index in [2.05, 4.69) is 32.5 Å². The molecule has 0 atom stereocenters. The smallest absolute Gasteiger partial charge is 0.0434 e. The predicted molar refractivity (Wildman–Crippen MR) is 64.6 cm³/mol. The van der Waals surface area contributed by atoms with Crippen molar-refractivity contribution in [3.63, 3.8) is 0 Å². The van der Waals surface area contributed by atoms with Crippen molar-refractivity contribution in [3.8, 4) is 0 Å². The highest BCUT2D eigenvalue weighted by atomic mass is 15.4. The average molecular weight is 196 g/mol. The molecule has 0 aliphatic carbocycles. The third-order valence-corrected chi connectivity index (χ3v) is 2.01. The van der Waals surface area contributed by atoms with Crippen molar-refractivity contribution in [1.82, 2.24) is 5.01 Å². The van der Waals surface area contributed by atoms with Crippen molar-refractivity contribution in [2.45, 2.75) is 40.0 Å². The van der Waals surface area contributed by atoms with Crippen molar-refractivity contribution in [3.05, 3.63) is 12.7 Å². The normalized spacial score (nSPS) is 12.8. The quantitative estimate of drug-likeness (QED) is 0.285. The van der Waals surface area contributed by atoms with E-state index in [0.29, 0.717) is 0 Å². The molecule has 0 aromatic carbocycles. The summed E-state index contributed by atoms with van der Waals surface area (Å²) in [5.74, 6) is 0. The highest BCUT2D eigenvalue weighted by Crippen LogP contribution is 2.20. The first-order chi connectivity index (χ1) is 6.38. The summed E-state index contributed by atoms with van der Waals surface area (Å²) in [4.78, 5) is 0. The van der Waals surface area contributed by atoms with Gasteiger partial charge < -0.3 is 5.01 Å². The van der Waals surface area contributed by atoms with Gasteiger partial charge in [0.25, 0.3) is 0 Å². The second-order valence-corrected chi connectivity index (χ2v) is 4.82. The summed E-state index contributed by atoms with van der Waals surface area (Å²) in [6.45, 7) is 10.4. The molecular formula is C12H24N2. The first kappa shape index (κ1) is 13.2. The van der Waals surface area contributed by atoms with Crippen LogP contribution in [0.5, 0.6) is 0 Å². The van der Waals surface area contributed by atoms with Crippen molar-refractivity contribution >= 4 is 5.71 Å². The lowest BCUT2D eigenvalue weighted by atomic mass is 9.87. The van der Waals surface area contributed by atoms with Crippen molar-refractivity contribution in [1.29, 1.82) is 0 Å². The Labute approximate surface area is 88.7 Å². The van der Waals surface area contributed by atoms with Gasteiger partial charge in [-0.25, -0.2) is 0 Å². The van der Waals surface area contributed by atoms with E-state index >= 15 is 0 Å². The van der Waals surface area contributed by atoms with Crippen molar-refractivity contribution in [2.24, 2.45) is 10.5 Å². The zero-order chi connectivity index (χ0) is 11.2. The van der Waals surface area contributed by atoms with E-state index in [1.54, 1.807) is 0 Å². The Bertz CT molecular complexity index is 197. The fourth-order valence-electron chi connectivity index (χ4n) is 1.23. The SMILES string of the molecule is C=CCCC/C(=N\N(C)C)C(C)(C)C. The molecular weight excluding hydrogens is 172 g/mol. The molecule has 0 rings (SSSR count). The Morgan fingerprint density at radius 3 is 2.29 bits per heavy atom. The summed E-state index contributed by atoms with van der Waals surface area (Å²) in [6.07, 6.45) is 5.25. The molecule has 0 saturated heterocycles. The molecule has 0 amide bonds. The number of unbranched alkanes of at least 4 members (excludes halogenated alkanes) is 1. The van der Waals surface area contributed by atoms with Crippen LogP contribution in [0.15, 0.2) is 17.8 Å². The van der Waals surface area contributed by atoms with Crippen LogP contribution in [-0.4, -0.2) is 24.8 Å². The lowest BCUT2D eigenvalue weighted by molar-refractivity contribution is 0.420. The van der Waals surface area contributed by atoms with Gasteiger partial charge in [0.15, 0.2) is 0 Å². The fraction of sp³-hybridized carbons (Fsp3) is 0.750. The predicted octanol–water partition coefficient (Wildman–Crippen LogP) is 3.31. The van der Waals surface area contributed by atoms with Crippen LogP contribution in [0.3, 0.4) is 0 Å². The first-order valence-corrected chi connectivity index (χ1v) is 5.24. The summed E-state index contributed by atoms with van der Waals surface area (Å²) in [7, 11) is 3.94. The van der Waals surface area contributed by atoms with E-state index in [0.717, 1.165) is 19.3 Å². The summed E-state index contributed by atoms with van der Waals surface area (Å²) >= 11 is 0. The van der Waals surface area contributed by atoms with Gasteiger partial charge >= 0.3 is 0 Å². The van der Waals surface area contributed by atoms with Crippen LogP contribution in [0.4, 0.5) is 0 Å². The molecule has 0 heterocycles. The number of allylic oxidation sites excluding steroid dienone is 1.